The Hall–Kier alpha value is -3.98. The molecular weight excluding hydrogens is 366 g/mol. The Bertz CT molecular complexity index is 1090. The second-order valence-electron chi connectivity index (χ2n) is 7.18. The zero-order chi connectivity index (χ0) is 20.2. The highest BCUT2D eigenvalue weighted by Gasteiger charge is 2.37. The van der Waals surface area contributed by atoms with E-state index in [9.17, 15) is 0 Å². The molecule has 3 heteroatoms. The molecule has 0 aromatic heterocycles. The van der Waals surface area contributed by atoms with E-state index in [0.29, 0.717) is 0 Å². The lowest BCUT2D eigenvalue weighted by Gasteiger charge is -2.33. The Balaban J connectivity index is 1.80. The van der Waals surface area contributed by atoms with Gasteiger partial charge >= 0.3 is 0 Å². The van der Waals surface area contributed by atoms with Gasteiger partial charge in [-0.3, -0.25) is 0 Å². The summed E-state index contributed by atoms with van der Waals surface area (Å²) in [7, 11) is 0. The van der Waals surface area contributed by atoms with Crippen LogP contribution in [0.5, 0.6) is 0 Å². The zero-order valence-corrected chi connectivity index (χ0v) is 16.4. The Morgan fingerprint density at radius 2 is 0.767 bits per heavy atom. The van der Waals surface area contributed by atoms with Crippen molar-refractivity contribution in [2.75, 3.05) is 0 Å². The lowest BCUT2D eigenvalue weighted by atomic mass is 9.91. The Morgan fingerprint density at radius 3 is 1.13 bits per heavy atom. The van der Waals surface area contributed by atoms with Gasteiger partial charge in [-0.15, -0.1) is 0 Å². The second-order valence-corrected chi connectivity index (χ2v) is 7.18. The van der Waals surface area contributed by atoms with Crippen LogP contribution in [0.15, 0.2) is 131 Å². The topological polar surface area (TPSA) is 36.8 Å². The van der Waals surface area contributed by atoms with E-state index in [1.807, 2.05) is 72.8 Å². The van der Waals surface area contributed by atoms with Crippen molar-refractivity contribution in [2.24, 2.45) is 9.98 Å². The number of benzene rings is 4. The molecule has 4 aromatic rings. The van der Waals surface area contributed by atoms with Crippen LogP contribution in [0.3, 0.4) is 0 Å². The van der Waals surface area contributed by atoms with Crippen molar-refractivity contribution in [3.63, 3.8) is 0 Å². The molecule has 0 saturated heterocycles. The van der Waals surface area contributed by atoms with E-state index < -0.39 is 5.66 Å². The molecule has 1 N–H and O–H groups in total. The van der Waals surface area contributed by atoms with E-state index in [1.165, 1.54) is 0 Å². The molecule has 144 valence electrons. The van der Waals surface area contributed by atoms with Crippen molar-refractivity contribution in [3.8, 4) is 0 Å². The predicted octanol–water partition coefficient (Wildman–Crippen LogP) is 5.38. The van der Waals surface area contributed by atoms with Crippen LogP contribution < -0.4 is 5.32 Å². The molecule has 5 rings (SSSR count). The molecule has 0 spiro atoms. The van der Waals surface area contributed by atoms with Gasteiger partial charge in [-0.2, -0.15) is 0 Å². The van der Waals surface area contributed by atoms with Gasteiger partial charge in [-0.25, -0.2) is 9.98 Å². The number of nitrogens with one attached hydrogen (secondary N) is 1. The number of aliphatic imine (C=N–C) groups is 2. The van der Waals surface area contributed by atoms with Crippen LogP contribution >= 0.6 is 0 Å². The number of hydrogen-bond acceptors (Lipinski definition) is 3. The summed E-state index contributed by atoms with van der Waals surface area (Å²) < 4.78 is 0. The molecule has 0 fully saturated rings. The van der Waals surface area contributed by atoms with Gasteiger partial charge in [0.25, 0.3) is 0 Å². The molecular formula is C27H21N3. The summed E-state index contributed by atoms with van der Waals surface area (Å²) in [6.07, 6.45) is 0. The number of rotatable bonds is 4. The van der Waals surface area contributed by atoms with E-state index in [2.05, 4.69) is 53.8 Å². The first-order valence-electron chi connectivity index (χ1n) is 10.0. The molecule has 0 atom stereocenters. The summed E-state index contributed by atoms with van der Waals surface area (Å²) in [4.78, 5) is 10.4. The second kappa shape index (κ2) is 7.80. The van der Waals surface area contributed by atoms with Crippen LogP contribution in [0.25, 0.3) is 0 Å². The molecule has 0 aliphatic carbocycles. The Kier molecular flexibility index (Phi) is 4.70. The largest absolute Gasteiger partial charge is 0.324 e. The molecule has 0 unspecified atom stereocenters. The highest BCUT2D eigenvalue weighted by molar-refractivity contribution is 6.16. The molecule has 3 nitrogen and oxygen atoms in total. The van der Waals surface area contributed by atoms with Gasteiger partial charge < -0.3 is 5.32 Å². The highest BCUT2D eigenvalue weighted by Crippen LogP contribution is 2.38. The van der Waals surface area contributed by atoms with E-state index in [-0.39, 0.29) is 0 Å². The normalized spacial score (nSPS) is 14.9. The van der Waals surface area contributed by atoms with Crippen LogP contribution in [0.2, 0.25) is 0 Å². The molecule has 4 aromatic carbocycles. The smallest absolute Gasteiger partial charge is 0.205 e. The fourth-order valence-electron chi connectivity index (χ4n) is 3.75. The number of amidine groups is 2. The van der Waals surface area contributed by atoms with Gasteiger partial charge in [-0.1, -0.05) is 121 Å². The van der Waals surface area contributed by atoms with Crippen molar-refractivity contribution in [2.45, 2.75) is 5.66 Å². The third kappa shape index (κ3) is 3.31. The van der Waals surface area contributed by atoms with Crippen LogP contribution in [0.1, 0.15) is 22.3 Å². The van der Waals surface area contributed by atoms with Crippen molar-refractivity contribution < 1.29 is 0 Å². The zero-order valence-electron chi connectivity index (χ0n) is 16.4. The lowest BCUT2D eigenvalue weighted by molar-refractivity contribution is 0.563. The summed E-state index contributed by atoms with van der Waals surface area (Å²) in [6, 6.07) is 41.0. The average Bonchev–Trinajstić information content (AvgIpc) is 2.86. The fourth-order valence-corrected chi connectivity index (χ4v) is 3.75. The molecule has 0 saturated carbocycles. The first-order valence-corrected chi connectivity index (χ1v) is 10.0. The summed E-state index contributed by atoms with van der Waals surface area (Å²) >= 11 is 0. The molecule has 0 radical (unpaired) electrons. The maximum Gasteiger partial charge on any atom is 0.205 e. The maximum absolute atomic E-state index is 5.22. The molecule has 1 aliphatic rings. The van der Waals surface area contributed by atoms with Crippen LogP contribution in [-0.2, 0) is 5.66 Å². The summed E-state index contributed by atoms with van der Waals surface area (Å²) in [5, 5.41) is 3.48. The minimum Gasteiger partial charge on any atom is -0.324 e. The van der Waals surface area contributed by atoms with E-state index >= 15 is 0 Å². The van der Waals surface area contributed by atoms with Gasteiger partial charge in [-0.05, 0) is 0 Å². The molecule has 30 heavy (non-hydrogen) atoms. The molecule has 1 aliphatic heterocycles. The average molecular weight is 387 g/mol. The van der Waals surface area contributed by atoms with Crippen LogP contribution in [-0.4, -0.2) is 11.7 Å². The third-order valence-corrected chi connectivity index (χ3v) is 5.23. The first-order chi connectivity index (χ1) is 14.9. The highest BCUT2D eigenvalue weighted by atomic mass is 15.2. The van der Waals surface area contributed by atoms with Crippen molar-refractivity contribution in [3.05, 3.63) is 144 Å². The van der Waals surface area contributed by atoms with E-state index in [1.54, 1.807) is 0 Å². The lowest BCUT2D eigenvalue weighted by Crippen LogP contribution is -2.42. The fraction of sp³-hybridized carbons (Fsp3) is 0.0370. The van der Waals surface area contributed by atoms with Gasteiger partial charge in [0.15, 0.2) is 0 Å². The monoisotopic (exact) mass is 387 g/mol. The van der Waals surface area contributed by atoms with Gasteiger partial charge in [0, 0.05) is 22.3 Å². The maximum atomic E-state index is 5.22. The van der Waals surface area contributed by atoms with Crippen molar-refractivity contribution >= 4 is 11.7 Å². The quantitative estimate of drug-likeness (QED) is 0.501. The predicted molar refractivity (Wildman–Crippen MR) is 123 cm³/mol. The van der Waals surface area contributed by atoms with Crippen LogP contribution in [0.4, 0.5) is 0 Å². The summed E-state index contributed by atoms with van der Waals surface area (Å²) in [5.74, 6) is 1.61. The SMILES string of the molecule is c1ccc(C2=NC(c3ccccc3)(c3ccccc3)N=C(c3ccccc3)N2)cc1. The van der Waals surface area contributed by atoms with Gasteiger partial charge in [0.2, 0.25) is 5.66 Å². The summed E-state index contributed by atoms with van der Waals surface area (Å²) in [6.45, 7) is 0. The number of hydrogen-bond donors (Lipinski definition) is 1. The van der Waals surface area contributed by atoms with Crippen LogP contribution in [0, 0.1) is 0 Å². The standard InChI is InChI=1S/C27H21N3/c1-5-13-21(14-6-1)25-28-26(22-15-7-2-8-16-22)30-27(29-25,23-17-9-3-10-18-23)24-19-11-4-12-20-24/h1-20H,(H,28,29,30). The minimum atomic E-state index is -0.871. The van der Waals surface area contributed by atoms with Gasteiger partial charge in [0.05, 0.1) is 0 Å². The summed E-state index contributed by atoms with van der Waals surface area (Å²) in [5.41, 5.74) is 3.23. The van der Waals surface area contributed by atoms with Crippen molar-refractivity contribution in [1.82, 2.24) is 5.32 Å². The molecule has 0 bridgehead atoms. The number of nitrogens with zero attached hydrogens (tertiary/aromatic N) is 2. The Labute approximate surface area is 176 Å². The molecule has 1 heterocycles. The molecule has 0 amide bonds. The van der Waals surface area contributed by atoms with E-state index in [4.69, 9.17) is 9.98 Å². The third-order valence-electron chi connectivity index (χ3n) is 5.23. The van der Waals surface area contributed by atoms with Gasteiger partial charge in [0.1, 0.15) is 11.7 Å². The van der Waals surface area contributed by atoms with Crippen molar-refractivity contribution in [1.29, 1.82) is 0 Å². The van der Waals surface area contributed by atoms with E-state index in [0.717, 1.165) is 33.9 Å². The first kappa shape index (κ1) is 18.1. The Morgan fingerprint density at radius 1 is 0.433 bits per heavy atom. The minimum absolute atomic E-state index is 0.803.